The third kappa shape index (κ3) is 4.29. The number of nitrogens with zero attached hydrogens (tertiary/aromatic N) is 1. The Balaban J connectivity index is 1.38. The van der Waals surface area contributed by atoms with E-state index in [0.29, 0.717) is 23.3 Å². The van der Waals surface area contributed by atoms with Crippen LogP contribution in [0.3, 0.4) is 0 Å². The smallest absolute Gasteiger partial charge is 0.168 e. The van der Waals surface area contributed by atoms with Crippen molar-refractivity contribution < 1.29 is 18.6 Å². The molecule has 0 saturated carbocycles. The van der Waals surface area contributed by atoms with Gasteiger partial charge in [0.15, 0.2) is 10.2 Å². The third-order valence-corrected chi connectivity index (χ3v) is 6.17. The summed E-state index contributed by atoms with van der Waals surface area (Å²) in [6, 6.07) is 20.0. The molecular weight excluding hydrogens is 422 g/mol. The van der Waals surface area contributed by atoms with E-state index < -0.39 is 0 Å². The number of aryl methyl sites for hydroxylation is 2. The second-order valence-electron chi connectivity index (χ2n) is 8.19. The van der Waals surface area contributed by atoms with Crippen molar-refractivity contribution in [1.29, 1.82) is 0 Å². The SMILES string of the molecule is Cc1ccc(OC[C@H]2O[C@@H](n3ccc4ccoc4c3=S)C[C@@H]2Oc2ccc(C)cc2)cc1. The first kappa shape index (κ1) is 20.8. The molecule has 1 aliphatic heterocycles. The summed E-state index contributed by atoms with van der Waals surface area (Å²) in [5.41, 5.74) is 3.08. The van der Waals surface area contributed by atoms with Gasteiger partial charge in [-0.15, -0.1) is 0 Å². The molecule has 6 heteroatoms. The largest absolute Gasteiger partial charge is 0.491 e. The summed E-state index contributed by atoms with van der Waals surface area (Å²) >= 11 is 5.68. The van der Waals surface area contributed by atoms with Gasteiger partial charge in [-0.3, -0.25) is 0 Å². The molecule has 0 radical (unpaired) electrons. The van der Waals surface area contributed by atoms with E-state index in [-0.39, 0.29) is 18.4 Å². The quantitative estimate of drug-likeness (QED) is 0.320. The monoisotopic (exact) mass is 447 g/mol. The van der Waals surface area contributed by atoms with Crippen LogP contribution in [0, 0.1) is 18.5 Å². The third-order valence-electron chi connectivity index (χ3n) is 5.77. The van der Waals surface area contributed by atoms with Crippen LogP contribution in [0.15, 0.2) is 77.5 Å². The molecule has 32 heavy (non-hydrogen) atoms. The van der Waals surface area contributed by atoms with Gasteiger partial charge in [0, 0.05) is 18.0 Å². The average Bonchev–Trinajstić information content (AvgIpc) is 3.43. The Kier molecular flexibility index (Phi) is 5.72. The Hall–Kier alpha value is -3.09. The molecule has 0 amide bonds. The number of aromatic nitrogens is 1. The molecular formula is C26H25NO4S. The second-order valence-corrected chi connectivity index (χ2v) is 8.58. The minimum Gasteiger partial charge on any atom is -0.491 e. The molecule has 3 heterocycles. The molecule has 0 aliphatic carbocycles. The van der Waals surface area contributed by atoms with Crippen LogP contribution in [0.2, 0.25) is 0 Å². The van der Waals surface area contributed by atoms with Crippen molar-refractivity contribution in [3.63, 3.8) is 0 Å². The molecule has 4 aromatic rings. The van der Waals surface area contributed by atoms with Gasteiger partial charge in [0.05, 0.1) is 6.26 Å². The Labute approximate surface area is 192 Å². The van der Waals surface area contributed by atoms with E-state index in [0.717, 1.165) is 16.9 Å². The summed E-state index contributed by atoms with van der Waals surface area (Å²) < 4.78 is 26.9. The molecule has 1 saturated heterocycles. The fourth-order valence-corrected chi connectivity index (χ4v) is 4.29. The van der Waals surface area contributed by atoms with Crippen molar-refractivity contribution >= 4 is 23.2 Å². The number of ether oxygens (including phenoxy) is 3. The van der Waals surface area contributed by atoms with Crippen LogP contribution < -0.4 is 9.47 Å². The first-order chi connectivity index (χ1) is 15.6. The first-order valence-electron chi connectivity index (χ1n) is 10.7. The molecule has 3 atom stereocenters. The lowest BCUT2D eigenvalue weighted by Crippen LogP contribution is -2.32. The topological polar surface area (TPSA) is 45.8 Å². The fraction of sp³-hybridized carbons (Fsp3) is 0.269. The van der Waals surface area contributed by atoms with Crippen molar-refractivity contribution in [2.24, 2.45) is 0 Å². The molecule has 0 spiro atoms. The minimum atomic E-state index is -0.265. The number of benzene rings is 2. The van der Waals surface area contributed by atoms with E-state index in [4.69, 9.17) is 30.8 Å². The molecule has 0 bridgehead atoms. The van der Waals surface area contributed by atoms with Gasteiger partial charge < -0.3 is 23.2 Å². The summed E-state index contributed by atoms with van der Waals surface area (Å²) in [4.78, 5) is 0. The van der Waals surface area contributed by atoms with E-state index in [1.54, 1.807) is 6.26 Å². The van der Waals surface area contributed by atoms with Crippen LogP contribution in [0.1, 0.15) is 23.8 Å². The molecule has 2 aromatic carbocycles. The van der Waals surface area contributed by atoms with Crippen LogP contribution in [-0.4, -0.2) is 23.4 Å². The van der Waals surface area contributed by atoms with Gasteiger partial charge in [0.1, 0.15) is 36.5 Å². The second kappa shape index (κ2) is 8.81. The van der Waals surface area contributed by atoms with Gasteiger partial charge in [-0.25, -0.2) is 0 Å². The number of furan rings is 1. The number of hydrogen-bond acceptors (Lipinski definition) is 5. The number of fused-ring (bicyclic) bond motifs is 1. The van der Waals surface area contributed by atoms with Crippen LogP contribution in [0.25, 0.3) is 11.0 Å². The highest BCUT2D eigenvalue weighted by atomic mass is 32.1. The molecule has 1 fully saturated rings. The van der Waals surface area contributed by atoms with Crippen LogP contribution in [-0.2, 0) is 4.74 Å². The summed E-state index contributed by atoms with van der Waals surface area (Å²) in [6.07, 6.45) is 3.56. The lowest BCUT2D eigenvalue weighted by atomic mass is 10.1. The number of rotatable bonds is 6. The summed E-state index contributed by atoms with van der Waals surface area (Å²) in [5.74, 6) is 1.63. The summed E-state index contributed by atoms with van der Waals surface area (Å²) in [7, 11) is 0. The van der Waals surface area contributed by atoms with E-state index in [1.165, 1.54) is 11.1 Å². The van der Waals surface area contributed by atoms with E-state index in [1.807, 2.05) is 71.4 Å². The molecule has 2 aromatic heterocycles. The molecule has 5 rings (SSSR count). The molecule has 164 valence electrons. The maximum absolute atomic E-state index is 6.41. The van der Waals surface area contributed by atoms with Gasteiger partial charge in [-0.05, 0) is 50.2 Å². The zero-order chi connectivity index (χ0) is 22.1. The van der Waals surface area contributed by atoms with E-state index in [9.17, 15) is 0 Å². The Morgan fingerprint density at radius 3 is 2.34 bits per heavy atom. The molecule has 0 unspecified atom stereocenters. The molecule has 1 aliphatic rings. The zero-order valence-corrected chi connectivity index (χ0v) is 18.9. The van der Waals surface area contributed by atoms with Crippen molar-refractivity contribution in [3.05, 3.63) is 88.9 Å². The fourth-order valence-electron chi connectivity index (χ4n) is 3.95. The van der Waals surface area contributed by atoms with Gasteiger partial charge in [0.2, 0.25) is 0 Å². The first-order valence-corrected chi connectivity index (χ1v) is 11.1. The Morgan fingerprint density at radius 2 is 1.62 bits per heavy atom. The van der Waals surface area contributed by atoms with Crippen LogP contribution >= 0.6 is 12.2 Å². The minimum absolute atomic E-state index is 0.178. The lowest BCUT2D eigenvalue weighted by Gasteiger charge is -2.20. The highest BCUT2D eigenvalue weighted by Crippen LogP contribution is 2.34. The Bertz CT molecular complexity index is 1260. The molecule has 0 N–H and O–H groups in total. The van der Waals surface area contributed by atoms with Crippen molar-refractivity contribution in [3.8, 4) is 11.5 Å². The number of pyridine rings is 1. The summed E-state index contributed by atoms with van der Waals surface area (Å²) in [5, 5.41) is 0.982. The van der Waals surface area contributed by atoms with Crippen molar-refractivity contribution in [2.75, 3.05) is 6.61 Å². The van der Waals surface area contributed by atoms with Gasteiger partial charge >= 0.3 is 0 Å². The van der Waals surface area contributed by atoms with E-state index >= 15 is 0 Å². The van der Waals surface area contributed by atoms with E-state index in [2.05, 4.69) is 13.8 Å². The predicted octanol–water partition coefficient (Wildman–Crippen LogP) is 6.39. The van der Waals surface area contributed by atoms with Crippen LogP contribution in [0.4, 0.5) is 0 Å². The van der Waals surface area contributed by atoms with Crippen LogP contribution in [0.5, 0.6) is 11.5 Å². The van der Waals surface area contributed by atoms with Gasteiger partial charge in [0.25, 0.3) is 0 Å². The van der Waals surface area contributed by atoms with Gasteiger partial charge in [-0.2, -0.15) is 0 Å². The Morgan fingerprint density at radius 1 is 0.938 bits per heavy atom. The van der Waals surface area contributed by atoms with Gasteiger partial charge in [-0.1, -0.05) is 47.6 Å². The highest BCUT2D eigenvalue weighted by molar-refractivity contribution is 7.71. The average molecular weight is 448 g/mol. The lowest BCUT2D eigenvalue weighted by molar-refractivity contribution is -0.0359. The maximum atomic E-state index is 6.41. The highest BCUT2D eigenvalue weighted by Gasteiger charge is 2.38. The van der Waals surface area contributed by atoms with Crippen molar-refractivity contribution in [2.45, 2.75) is 38.7 Å². The predicted molar refractivity (Wildman–Crippen MR) is 126 cm³/mol. The standard InChI is InChI=1S/C26H25NO4S/c1-17-3-7-20(8-4-17)29-16-23-22(30-21-9-5-18(2)6-10-21)15-24(31-23)27-13-11-19-12-14-28-25(19)26(27)32/h3-14,22-24H,15-16H2,1-2H3/t22-,23+,24+/m0/s1. The zero-order valence-electron chi connectivity index (χ0n) is 18.1. The number of hydrogen-bond donors (Lipinski definition) is 0. The normalized spacial score (nSPS) is 20.5. The molecule has 5 nitrogen and oxygen atoms in total. The summed E-state index contributed by atoms with van der Waals surface area (Å²) in [6.45, 7) is 4.50. The maximum Gasteiger partial charge on any atom is 0.168 e. The van der Waals surface area contributed by atoms with Crippen molar-refractivity contribution in [1.82, 2.24) is 4.57 Å².